The number of hydrogen-bond acceptors (Lipinski definition) is 4. The molecule has 2 aliphatic rings. The van der Waals surface area contributed by atoms with Crippen LogP contribution in [0.15, 0.2) is 36.7 Å². The third-order valence-corrected chi connectivity index (χ3v) is 6.61. The summed E-state index contributed by atoms with van der Waals surface area (Å²) in [5.41, 5.74) is 9.71. The van der Waals surface area contributed by atoms with Crippen LogP contribution in [0, 0.1) is 19.8 Å². The van der Waals surface area contributed by atoms with Crippen molar-refractivity contribution >= 4 is 5.91 Å². The van der Waals surface area contributed by atoms with Crippen molar-refractivity contribution in [3.05, 3.63) is 53.6 Å². The van der Waals surface area contributed by atoms with E-state index in [4.69, 9.17) is 0 Å². The van der Waals surface area contributed by atoms with Crippen molar-refractivity contribution in [1.82, 2.24) is 25.3 Å². The van der Waals surface area contributed by atoms with Gasteiger partial charge in [0.2, 0.25) is 5.91 Å². The summed E-state index contributed by atoms with van der Waals surface area (Å²) >= 11 is 0. The highest BCUT2D eigenvalue weighted by molar-refractivity contribution is 5.80. The van der Waals surface area contributed by atoms with Crippen molar-refractivity contribution in [2.24, 2.45) is 5.92 Å². The van der Waals surface area contributed by atoms with E-state index in [0.717, 1.165) is 38.3 Å². The first kappa shape index (κ1) is 19.2. The van der Waals surface area contributed by atoms with Gasteiger partial charge in [0.25, 0.3) is 0 Å². The van der Waals surface area contributed by atoms with Crippen LogP contribution < -0.4 is 10.9 Å². The largest absolute Gasteiger partial charge is 0.341 e. The molecule has 0 spiro atoms. The monoisotopic (exact) mass is 381 g/mol. The smallest absolute Gasteiger partial charge is 0.245 e. The van der Waals surface area contributed by atoms with Crippen LogP contribution in [0.3, 0.4) is 0 Å². The summed E-state index contributed by atoms with van der Waals surface area (Å²) < 4.78 is 1.96. The van der Waals surface area contributed by atoms with E-state index in [2.05, 4.69) is 47.0 Å². The Morgan fingerprint density at radius 3 is 2.64 bits per heavy atom. The summed E-state index contributed by atoms with van der Waals surface area (Å²) in [4.78, 5) is 19.2. The number of carbonyl (C=O) groups excluding carboxylic acids is 1. The number of piperidine rings is 1. The topological polar surface area (TPSA) is 62.2 Å². The SMILES string of the molecule is Cc1ccccc1C1CNNC1C1CCN(C(=O)C(C)n2ccnc2C)CC1. The Balaban J connectivity index is 1.39. The van der Waals surface area contributed by atoms with Crippen molar-refractivity contribution in [2.75, 3.05) is 19.6 Å². The van der Waals surface area contributed by atoms with Crippen LogP contribution in [0.25, 0.3) is 0 Å². The van der Waals surface area contributed by atoms with Crippen LogP contribution in [-0.4, -0.2) is 46.0 Å². The molecule has 1 aromatic carbocycles. The zero-order valence-corrected chi connectivity index (χ0v) is 17.1. The molecule has 3 unspecified atom stereocenters. The molecule has 6 nitrogen and oxygen atoms in total. The van der Waals surface area contributed by atoms with Crippen LogP contribution in [0.5, 0.6) is 0 Å². The molecule has 6 heteroatoms. The number of amides is 1. The molecule has 0 radical (unpaired) electrons. The van der Waals surface area contributed by atoms with Gasteiger partial charge in [-0.25, -0.2) is 4.98 Å². The van der Waals surface area contributed by atoms with E-state index < -0.39 is 0 Å². The summed E-state index contributed by atoms with van der Waals surface area (Å²) in [6, 6.07) is 8.94. The average Bonchev–Trinajstić information content (AvgIpc) is 3.36. The molecule has 0 aliphatic carbocycles. The molecule has 3 atom stereocenters. The number of aromatic nitrogens is 2. The molecule has 0 bridgehead atoms. The van der Waals surface area contributed by atoms with E-state index in [9.17, 15) is 4.79 Å². The van der Waals surface area contributed by atoms with Gasteiger partial charge >= 0.3 is 0 Å². The van der Waals surface area contributed by atoms with Crippen LogP contribution in [0.2, 0.25) is 0 Å². The summed E-state index contributed by atoms with van der Waals surface area (Å²) in [7, 11) is 0. The number of aryl methyl sites for hydroxylation is 2. The van der Waals surface area contributed by atoms with Crippen molar-refractivity contribution in [3.8, 4) is 0 Å². The minimum absolute atomic E-state index is 0.190. The quantitative estimate of drug-likeness (QED) is 0.854. The first-order valence-corrected chi connectivity index (χ1v) is 10.4. The molecule has 150 valence electrons. The number of likely N-dealkylation sites (tertiary alicyclic amines) is 1. The normalized spacial score (nSPS) is 24.5. The lowest BCUT2D eigenvalue weighted by atomic mass is 9.79. The van der Waals surface area contributed by atoms with Gasteiger partial charge in [0, 0.05) is 44.0 Å². The van der Waals surface area contributed by atoms with Gasteiger partial charge in [-0.3, -0.25) is 15.6 Å². The lowest BCUT2D eigenvalue weighted by molar-refractivity contribution is -0.135. The summed E-state index contributed by atoms with van der Waals surface area (Å²) in [5, 5.41) is 0. The fraction of sp³-hybridized carbons (Fsp3) is 0.545. The highest BCUT2D eigenvalue weighted by Gasteiger charge is 2.37. The molecular weight excluding hydrogens is 350 g/mol. The van der Waals surface area contributed by atoms with Crippen molar-refractivity contribution in [2.45, 2.75) is 51.6 Å². The van der Waals surface area contributed by atoms with E-state index in [-0.39, 0.29) is 11.9 Å². The number of rotatable bonds is 4. The van der Waals surface area contributed by atoms with Gasteiger partial charge in [0.15, 0.2) is 0 Å². The van der Waals surface area contributed by atoms with E-state index >= 15 is 0 Å². The zero-order valence-electron chi connectivity index (χ0n) is 17.1. The summed E-state index contributed by atoms with van der Waals surface area (Å²) in [6.45, 7) is 8.75. The minimum Gasteiger partial charge on any atom is -0.341 e. The third kappa shape index (κ3) is 3.59. The first-order valence-electron chi connectivity index (χ1n) is 10.4. The molecule has 1 amide bonds. The van der Waals surface area contributed by atoms with Gasteiger partial charge in [-0.1, -0.05) is 24.3 Å². The van der Waals surface area contributed by atoms with Gasteiger partial charge in [-0.15, -0.1) is 0 Å². The number of carbonyl (C=O) groups is 1. The second-order valence-corrected chi connectivity index (χ2v) is 8.23. The van der Waals surface area contributed by atoms with Crippen LogP contribution in [0.4, 0.5) is 0 Å². The molecule has 0 saturated carbocycles. The fourth-order valence-electron chi connectivity index (χ4n) is 4.93. The number of nitrogens with zero attached hydrogens (tertiary/aromatic N) is 3. The van der Waals surface area contributed by atoms with Gasteiger partial charge in [0.1, 0.15) is 11.9 Å². The Morgan fingerprint density at radius 1 is 1.21 bits per heavy atom. The van der Waals surface area contributed by atoms with Gasteiger partial charge in [-0.05, 0) is 50.7 Å². The van der Waals surface area contributed by atoms with Crippen molar-refractivity contribution in [1.29, 1.82) is 0 Å². The maximum absolute atomic E-state index is 13.0. The maximum atomic E-state index is 13.0. The van der Waals surface area contributed by atoms with Gasteiger partial charge in [0.05, 0.1) is 0 Å². The van der Waals surface area contributed by atoms with Crippen LogP contribution in [-0.2, 0) is 4.79 Å². The Labute approximate surface area is 167 Å². The average molecular weight is 382 g/mol. The number of hydrazine groups is 1. The highest BCUT2D eigenvalue weighted by Crippen LogP contribution is 2.34. The number of hydrogen-bond donors (Lipinski definition) is 2. The lowest BCUT2D eigenvalue weighted by Gasteiger charge is -2.37. The first-order chi connectivity index (χ1) is 13.6. The summed E-state index contributed by atoms with van der Waals surface area (Å²) in [5.74, 6) is 2.15. The van der Waals surface area contributed by atoms with Gasteiger partial charge < -0.3 is 9.47 Å². The Hall–Kier alpha value is -2.18. The molecule has 1 aromatic heterocycles. The standard InChI is InChI=1S/C22H31N5O/c1-15-6-4-5-7-19(15)20-14-24-25-21(20)18-8-11-26(12-9-18)22(28)16(2)27-13-10-23-17(27)3/h4-7,10,13,16,18,20-21,24-25H,8-9,11-12,14H2,1-3H3. The Morgan fingerprint density at radius 2 is 1.96 bits per heavy atom. The Bertz CT molecular complexity index is 824. The number of benzene rings is 1. The fourth-order valence-corrected chi connectivity index (χ4v) is 4.93. The second kappa shape index (κ2) is 8.05. The number of imidazole rings is 1. The molecule has 4 rings (SSSR count). The summed E-state index contributed by atoms with van der Waals surface area (Å²) in [6.07, 6.45) is 5.74. The molecule has 2 aromatic rings. The molecule has 28 heavy (non-hydrogen) atoms. The lowest BCUT2D eigenvalue weighted by Crippen LogP contribution is -2.47. The van der Waals surface area contributed by atoms with Crippen molar-refractivity contribution in [3.63, 3.8) is 0 Å². The minimum atomic E-state index is -0.190. The van der Waals surface area contributed by atoms with E-state index in [1.807, 2.05) is 29.5 Å². The predicted octanol–water partition coefficient (Wildman–Crippen LogP) is 2.56. The van der Waals surface area contributed by atoms with Gasteiger partial charge in [-0.2, -0.15) is 0 Å². The third-order valence-electron chi connectivity index (χ3n) is 6.61. The molecular formula is C22H31N5O. The molecule has 2 saturated heterocycles. The molecule has 2 aliphatic heterocycles. The molecule has 2 N–H and O–H groups in total. The molecule has 3 heterocycles. The van der Waals surface area contributed by atoms with E-state index in [1.165, 1.54) is 11.1 Å². The van der Waals surface area contributed by atoms with Crippen LogP contribution >= 0.6 is 0 Å². The maximum Gasteiger partial charge on any atom is 0.245 e. The van der Waals surface area contributed by atoms with E-state index in [0.29, 0.717) is 17.9 Å². The number of nitrogens with one attached hydrogen (secondary N) is 2. The predicted molar refractivity (Wildman–Crippen MR) is 110 cm³/mol. The van der Waals surface area contributed by atoms with Crippen molar-refractivity contribution < 1.29 is 4.79 Å². The van der Waals surface area contributed by atoms with E-state index in [1.54, 1.807) is 6.20 Å². The molecule has 2 fully saturated rings. The highest BCUT2D eigenvalue weighted by atomic mass is 16.2. The van der Waals surface area contributed by atoms with Crippen LogP contribution in [0.1, 0.15) is 48.7 Å². The zero-order chi connectivity index (χ0) is 19.7. The Kier molecular flexibility index (Phi) is 5.51. The second-order valence-electron chi connectivity index (χ2n) is 8.23.